The lowest BCUT2D eigenvalue weighted by Gasteiger charge is -2.62. The SMILES string of the molecule is CC(C)[C@@H](CC[C@@H](C)[C@H]1CC[C@H]2[C@@H]3[C@H](O)C[C@H]4C[C@@H](NCCCNCCCCNCCCN)CC[C@]4(C)[C@H]3CC[C@]12C)OS(=O)(=O)O. The van der Waals surface area contributed by atoms with Crippen molar-refractivity contribution in [2.45, 2.75) is 143 Å². The lowest BCUT2D eigenvalue weighted by atomic mass is 9.43. The van der Waals surface area contributed by atoms with Crippen LogP contribution in [0.15, 0.2) is 0 Å². The Morgan fingerprint density at radius 2 is 1.47 bits per heavy atom. The molecule has 11 atom stereocenters. The maximum Gasteiger partial charge on any atom is 0.397 e. The molecule has 4 saturated carbocycles. The van der Waals surface area contributed by atoms with E-state index in [1.807, 2.05) is 13.8 Å². The van der Waals surface area contributed by atoms with Gasteiger partial charge >= 0.3 is 10.4 Å². The van der Waals surface area contributed by atoms with Crippen LogP contribution in [-0.4, -0.2) is 75.6 Å². The summed E-state index contributed by atoms with van der Waals surface area (Å²) in [5.74, 6) is 3.20. The van der Waals surface area contributed by atoms with Crippen LogP contribution in [0.25, 0.3) is 0 Å². The predicted molar refractivity (Wildman–Crippen MR) is 191 cm³/mol. The van der Waals surface area contributed by atoms with E-state index in [-0.39, 0.29) is 17.4 Å². The van der Waals surface area contributed by atoms with Crippen LogP contribution in [0, 0.1) is 52.3 Å². The van der Waals surface area contributed by atoms with Gasteiger partial charge in [-0.15, -0.1) is 0 Å². The summed E-state index contributed by atoms with van der Waals surface area (Å²) in [6, 6.07) is 0.571. The summed E-state index contributed by atoms with van der Waals surface area (Å²) in [7, 11) is -4.46. The van der Waals surface area contributed by atoms with Crippen LogP contribution < -0.4 is 21.7 Å². The van der Waals surface area contributed by atoms with Crippen molar-refractivity contribution in [1.82, 2.24) is 16.0 Å². The first-order valence-electron chi connectivity index (χ1n) is 19.5. The molecular weight excluding hydrogens is 612 g/mol. The highest BCUT2D eigenvalue weighted by Crippen LogP contribution is 2.68. The normalized spacial score (nSPS) is 36.9. The van der Waals surface area contributed by atoms with E-state index in [4.69, 9.17) is 9.92 Å². The number of aliphatic hydroxyl groups is 1. The van der Waals surface area contributed by atoms with Crippen LogP contribution in [-0.2, 0) is 14.6 Å². The van der Waals surface area contributed by atoms with Gasteiger partial charge in [0, 0.05) is 6.04 Å². The smallest absolute Gasteiger partial charge is 0.393 e. The molecule has 4 fully saturated rings. The number of rotatable bonds is 20. The summed E-state index contributed by atoms with van der Waals surface area (Å²) < 4.78 is 37.2. The van der Waals surface area contributed by atoms with Gasteiger partial charge in [0.1, 0.15) is 0 Å². The zero-order chi connectivity index (χ0) is 34.2. The molecule has 0 aromatic carbocycles. The van der Waals surface area contributed by atoms with Crippen molar-refractivity contribution in [3.63, 3.8) is 0 Å². The lowest BCUT2D eigenvalue weighted by molar-refractivity contribution is -0.167. The molecule has 0 aromatic heterocycles. The summed E-state index contributed by atoms with van der Waals surface area (Å²) in [6.07, 6.45) is 15.0. The molecular formula is C37H72N4O5S. The average molecular weight is 685 g/mol. The summed E-state index contributed by atoms with van der Waals surface area (Å²) >= 11 is 0. The zero-order valence-electron chi connectivity index (χ0n) is 30.5. The van der Waals surface area contributed by atoms with Gasteiger partial charge in [-0.2, -0.15) is 8.42 Å². The topological polar surface area (TPSA) is 146 Å². The molecule has 0 aromatic rings. The number of nitrogens with one attached hydrogen (secondary N) is 3. The molecule has 0 bridgehead atoms. The molecule has 10 heteroatoms. The van der Waals surface area contributed by atoms with Crippen LogP contribution >= 0.6 is 0 Å². The number of nitrogens with two attached hydrogens (primary N) is 1. The molecule has 0 heterocycles. The molecule has 0 spiro atoms. The predicted octanol–water partition coefficient (Wildman–Crippen LogP) is 5.53. The van der Waals surface area contributed by atoms with Gasteiger partial charge < -0.3 is 26.8 Å². The molecule has 4 rings (SSSR count). The maximum atomic E-state index is 11.8. The highest BCUT2D eigenvalue weighted by atomic mass is 32.3. The molecule has 0 unspecified atom stereocenters. The molecule has 276 valence electrons. The van der Waals surface area contributed by atoms with Crippen LogP contribution in [0.4, 0.5) is 0 Å². The standard InChI is InChI=1S/C37H72N4O5S/c1-26(2)34(46-47(43,44)45)13-10-27(3)30-11-12-31-35-32(15-17-37(30,31)5)36(4)16-14-29(24-28(36)25-33(35)42)41-23-9-22-40-20-7-6-19-39-21-8-18-38/h26-35,39-42H,6-25,38H2,1-5H3,(H,43,44,45)/t27-,28-,29+,30-,31+,32+,33-,34-,35+,36+,37-/m1/s1. The molecule has 4 aliphatic carbocycles. The minimum atomic E-state index is -4.46. The second-order valence-corrected chi connectivity index (χ2v) is 18.1. The van der Waals surface area contributed by atoms with E-state index >= 15 is 0 Å². The van der Waals surface area contributed by atoms with Gasteiger partial charge in [0.2, 0.25) is 0 Å². The molecule has 9 nitrogen and oxygen atoms in total. The zero-order valence-corrected chi connectivity index (χ0v) is 31.3. The van der Waals surface area contributed by atoms with E-state index in [0.29, 0.717) is 53.4 Å². The highest BCUT2D eigenvalue weighted by Gasteiger charge is 2.62. The van der Waals surface area contributed by atoms with E-state index in [9.17, 15) is 18.1 Å². The number of aliphatic hydroxyl groups excluding tert-OH is 1. The van der Waals surface area contributed by atoms with Crippen molar-refractivity contribution < 1.29 is 22.3 Å². The Morgan fingerprint density at radius 3 is 2.13 bits per heavy atom. The molecule has 0 saturated heterocycles. The molecule has 0 radical (unpaired) electrons. The van der Waals surface area contributed by atoms with Crippen LogP contribution in [0.1, 0.15) is 125 Å². The average Bonchev–Trinajstić information content (AvgIpc) is 3.36. The number of unbranched alkanes of at least 4 members (excludes halogenated alkanes) is 1. The van der Waals surface area contributed by atoms with Crippen molar-refractivity contribution in [2.75, 3.05) is 39.3 Å². The van der Waals surface area contributed by atoms with Crippen molar-refractivity contribution in [2.24, 2.45) is 58.0 Å². The van der Waals surface area contributed by atoms with Crippen molar-refractivity contribution in [3.8, 4) is 0 Å². The van der Waals surface area contributed by atoms with Gasteiger partial charge in [-0.25, -0.2) is 4.18 Å². The molecule has 4 aliphatic rings. The largest absolute Gasteiger partial charge is 0.397 e. The summed E-state index contributed by atoms with van der Waals surface area (Å²) in [5, 5.41) is 22.8. The van der Waals surface area contributed by atoms with Crippen molar-refractivity contribution in [1.29, 1.82) is 0 Å². The van der Waals surface area contributed by atoms with Crippen molar-refractivity contribution in [3.05, 3.63) is 0 Å². The fraction of sp³-hybridized carbons (Fsp3) is 1.00. The first kappa shape index (κ1) is 39.5. The second kappa shape index (κ2) is 17.7. The maximum absolute atomic E-state index is 11.8. The highest BCUT2D eigenvalue weighted by molar-refractivity contribution is 7.80. The van der Waals surface area contributed by atoms with Crippen LogP contribution in [0.5, 0.6) is 0 Å². The Balaban J connectivity index is 1.23. The first-order valence-corrected chi connectivity index (χ1v) is 20.8. The molecule has 0 amide bonds. The third-order valence-corrected chi connectivity index (χ3v) is 14.3. The minimum absolute atomic E-state index is 0.0137. The Hall–Kier alpha value is -0.330. The van der Waals surface area contributed by atoms with Crippen molar-refractivity contribution >= 4 is 10.4 Å². The monoisotopic (exact) mass is 685 g/mol. The second-order valence-electron chi connectivity index (χ2n) is 17.0. The minimum Gasteiger partial charge on any atom is -0.393 e. The summed E-state index contributed by atoms with van der Waals surface area (Å²) in [5.41, 5.74) is 6.08. The molecule has 0 aliphatic heterocycles. The quantitative estimate of drug-likeness (QED) is 0.0720. The van der Waals surface area contributed by atoms with Crippen LogP contribution in [0.3, 0.4) is 0 Å². The van der Waals surface area contributed by atoms with Gasteiger partial charge in [-0.3, -0.25) is 4.55 Å². The summed E-state index contributed by atoms with van der Waals surface area (Å²) in [4.78, 5) is 0. The van der Waals surface area contributed by atoms with E-state index in [1.54, 1.807) is 0 Å². The number of hydrogen-bond donors (Lipinski definition) is 6. The first-order chi connectivity index (χ1) is 22.3. The Kier molecular flexibility index (Phi) is 14.9. The Morgan fingerprint density at radius 1 is 0.830 bits per heavy atom. The van der Waals surface area contributed by atoms with Crippen LogP contribution in [0.2, 0.25) is 0 Å². The number of fused-ring (bicyclic) bond motifs is 5. The summed E-state index contributed by atoms with van der Waals surface area (Å²) in [6.45, 7) is 17.4. The third-order valence-electron chi connectivity index (χ3n) is 13.8. The fourth-order valence-electron chi connectivity index (χ4n) is 11.2. The van der Waals surface area contributed by atoms with Gasteiger partial charge in [-0.05, 0) is 181 Å². The Bertz CT molecular complexity index is 1050. The van der Waals surface area contributed by atoms with E-state index in [0.717, 1.165) is 65.0 Å². The van der Waals surface area contributed by atoms with E-state index in [2.05, 4.69) is 36.7 Å². The van der Waals surface area contributed by atoms with Gasteiger partial charge in [0.05, 0.1) is 12.2 Å². The van der Waals surface area contributed by atoms with Gasteiger partial charge in [0.15, 0.2) is 0 Å². The molecule has 7 N–H and O–H groups in total. The van der Waals surface area contributed by atoms with E-state index in [1.165, 1.54) is 57.8 Å². The van der Waals surface area contributed by atoms with Gasteiger partial charge in [0.25, 0.3) is 0 Å². The van der Waals surface area contributed by atoms with E-state index < -0.39 is 16.5 Å². The number of hydrogen-bond acceptors (Lipinski definition) is 8. The lowest BCUT2D eigenvalue weighted by Crippen LogP contribution is -2.59. The Labute approximate surface area is 288 Å². The fourth-order valence-corrected chi connectivity index (χ4v) is 11.8. The third kappa shape index (κ3) is 10.1. The van der Waals surface area contributed by atoms with Gasteiger partial charge in [-0.1, -0.05) is 34.6 Å². The molecule has 47 heavy (non-hydrogen) atoms.